The molecule has 0 N–H and O–H groups in total. The highest BCUT2D eigenvalue weighted by Gasteiger charge is 2.14. The summed E-state index contributed by atoms with van der Waals surface area (Å²) in [6.45, 7) is 0. The van der Waals surface area contributed by atoms with Gasteiger partial charge in [0.2, 0.25) is 0 Å². The van der Waals surface area contributed by atoms with E-state index in [1.54, 1.807) is 18.3 Å². The summed E-state index contributed by atoms with van der Waals surface area (Å²) in [4.78, 5) is 18.4. The van der Waals surface area contributed by atoms with Gasteiger partial charge in [-0.15, -0.1) is 0 Å². The molecule has 0 aliphatic heterocycles. The van der Waals surface area contributed by atoms with Crippen molar-refractivity contribution in [2.45, 2.75) is 0 Å². The molecule has 3 aromatic rings. The molecule has 1 heterocycles. The highest BCUT2D eigenvalue weighted by atomic mass is 16.2. The number of benzene rings is 2. The van der Waals surface area contributed by atoms with Crippen LogP contribution in [-0.2, 0) is 7.05 Å². The molecular formula is C16H15N3O. The first-order chi connectivity index (χ1) is 9.66. The number of aryl methyl sites for hydroxylation is 1. The second kappa shape index (κ2) is 4.81. The summed E-state index contributed by atoms with van der Waals surface area (Å²) in [6, 6.07) is 15.2. The monoisotopic (exact) mass is 265 g/mol. The minimum absolute atomic E-state index is 0.0284. The number of rotatable bonds is 2. The number of amides is 1. The molecule has 4 nitrogen and oxygen atoms in total. The molecule has 0 atom stereocenters. The van der Waals surface area contributed by atoms with Crippen molar-refractivity contribution in [2.75, 3.05) is 11.9 Å². The van der Waals surface area contributed by atoms with Crippen LogP contribution in [0, 0.1) is 0 Å². The summed E-state index contributed by atoms with van der Waals surface area (Å²) < 4.78 is 1.91. The van der Waals surface area contributed by atoms with Crippen molar-refractivity contribution in [2.24, 2.45) is 7.05 Å². The van der Waals surface area contributed by atoms with Crippen molar-refractivity contribution < 1.29 is 4.79 Å². The van der Waals surface area contributed by atoms with Crippen molar-refractivity contribution in [3.8, 4) is 0 Å². The van der Waals surface area contributed by atoms with Crippen molar-refractivity contribution in [3.63, 3.8) is 0 Å². The largest absolute Gasteiger partial charge is 0.334 e. The average molecular weight is 265 g/mol. The van der Waals surface area contributed by atoms with Gasteiger partial charge in [-0.05, 0) is 30.3 Å². The topological polar surface area (TPSA) is 38.1 Å². The Morgan fingerprint density at radius 3 is 2.65 bits per heavy atom. The molecule has 4 heteroatoms. The fraction of sp³-hybridized carbons (Fsp3) is 0.125. The lowest BCUT2D eigenvalue weighted by molar-refractivity contribution is 0.0993. The van der Waals surface area contributed by atoms with Crippen LogP contribution in [0.3, 0.4) is 0 Å². The van der Waals surface area contributed by atoms with Gasteiger partial charge < -0.3 is 9.47 Å². The van der Waals surface area contributed by atoms with E-state index < -0.39 is 0 Å². The number of para-hydroxylation sites is 1. The summed E-state index contributed by atoms with van der Waals surface area (Å²) in [5.74, 6) is -0.0284. The van der Waals surface area contributed by atoms with Crippen LogP contribution in [0.2, 0.25) is 0 Å². The number of imidazole rings is 1. The molecule has 0 spiro atoms. The lowest BCUT2D eigenvalue weighted by Gasteiger charge is -2.17. The number of carbonyl (C=O) groups excluding carboxylic acids is 1. The van der Waals surface area contributed by atoms with E-state index in [0.717, 1.165) is 16.7 Å². The summed E-state index contributed by atoms with van der Waals surface area (Å²) in [5.41, 5.74) is 3.39. The molecule has 2 aromatic carbocycles. The second-order valence-electron chi connectivity index (χ2n) is 4.76. The molecule has 1 aromatic heterocycles. The van der Waals surface area contributed by atoms with Crippen molar-refractivity contribution in [1.82, 2.24) is 9.55 Å². The highest BCUT2D eigenvalue weighted by Crippen LogP contribution is 2.18. The van der Waals surface area contributed by atoms with E-state index in [-0.39, 0.29) is 5.91 Å². The first-order valence-electron chi connectivity index (χ1n) is 6.41. The third-order valence-electron chi connectivity index (χ3n) is 3.42. The highest BCUT2D eigenvalue weighted by molar-refractivity contribution is 6.07. The van der Waals surface area contributed by atoms with E-state index in [1.807, 2.05) is 60.1 Å². The molecule has 0 saturated heterocycles. The Morgan fingerprint density at radius 1 is 1.15 bits per heavy atom. The second-order valence-corrected chi connectivity index (χ2v) is 4.76. The summed E-state index contributed by atoms with van der Waals surface area (Å²) in [7, 11) is 3.70. The van der Waals surface area contributed by atoms with Crippen LogP contribution in [0.1, 0.15) is 10.4 Å². The molecule has 0 saturated carbocycles. The maximum atomic E-state index is 12.5. The lowest BCUT2D eigenvalue weighted by atomic mass is 10.1. The molecule has 0 bridgehead atoms. The first kappa shape index (κ1) is 12.4. The third kappa shape index (κ3) is 2.05. The Kier molecular flexibility index (Phi) is 2.99. The fourth-order valence-electron chi connectivity index (χ4n) is 2.22. The lowest BCUT2D eigenvalue weighted by Crippen LogP contribution is -2.26. The molecule has 0 fully saturated rings. The van der Waals surface area contributed by atoms with Gasteiger partial charge in [0.1, 0.15) is 0 Å². The molecule has 20 heavy (non-hydrogen) atoms. The zero-order valence-electron chi connectivity index (χ0n) is 11.4. The number of hydrogen-bond donors (Lipinski definition) is 0. The third-order valence-corrected chi connectivity index (χ3v) is 3.42. The molecule has 3 rings (SSSR count). The Labute approximate surface area is 117 Å². The number of fused-ring (bicyclic) bond motifs is 1. The molecule has 0 radical (unpaired) electrons. The van der Waals surface area contributed by atoms with Gasteiger partial charge in [0.15, 0.2) is 0 Å². The number of aromatic nitrogens is 2. The minimum atomic E-state index is -0.0284. The minimum Gasteiger partial charge on any atom is -0.334 e. The number of nitrogens with zero attached hydrogens (tertiary/aromatic N) is 3. The molecule has 100 valence electrons. The Bertz CT molecular complexity index is 762. The SMILES string of the molecule is CN(C(=O)c1ccc2ncn(C)c2c1)c1ccccc1. The van der Waals surface area contributed by atoms with Crippen molar-refractivity contribution in [1.29, 1.82) is 0 Å². The van der Waals surface area contributed by atoms with Gasteiger partial charge in [0, 0.05) is 25.3 Å². The maximum absolute atomic E-state index is 12.5. The smallest absolute Gasteiger partial charge is 0.258 e. The van der Waals surface area contributed by atoms with Crippen LogP contribution in [0.15, 0.2) is 54.9 Å². The van der Waals surface area contributed by atoms with Gasteiger partial charge in [-0.3, -0.25) is 4.79 Å². The standard InChI is InChI=1S/C16H15N3O/c1-18-11-17-14-9-8-12(10-15(14)18)16(20)19(2)13-6-4-3-5-7-13/h3-11H,1-2H3. The quantitative estimate of drug-likeness (QED) is 0.714. The Hall–Kier alpha value is -2.62. The van der Waals surface area contributed by atoms with Gasteiger partial charge >= 0.3 is 0 Å². The van der Waals surface area contributed by atoms with Gasteiger partial charge in [-0.2, -0.15) is 0 Å². The normalized spacial score (nSPS) is 10.7. The zero-order valence-corrected chi connectivity index (χ0v) is 11.4. The van der Waals surface area contributed by atoms with Crippen LogP contribution >= 0.6 is 0 Å². The Morgan fingerprint density at radius 2 is 1.90 bits per heavy atom. The first-order valence-corrected chi connectivity index (χ1v) is 6.41. The fourth-order valence-corrected chi connectivity index (χ4v) is 2.22. The molecule has 0 aliphatic carbocycles. The van der Waals surface area contributed by atoms with Crippen LogP contribution in [0.4, 0.5) is 5.69 Å². The van der Waals surface area contributed by atoms with Crippen LogP contribution < -0.4 is 4.90 Å². The van der Waals surface area contributed by atoms with Gasteiger partial charge in [-0.1, -0.05) is 18.2 Å². The average Bonchev–Trinajstić information content (AvgIpc) is 2.87. The predicted octanol–water partition coefficient (Wildman–Crippen LogP) is 2.85. The molecule has 0 aliphatic rings. The summed E-state index contributed by atoms with van der Waals surface area (Å²) >= 11 is 0. The zero-order chi connectivity index (χ0) is 14.1. The van der Waals surface area contributed by atoms with Gasteiger partial charge in [-0.25, -0.2) is 4.98 Å². The van der Waals surface area contributed by atoms with Crippen molar-refractivity contribution in [3.05, 3.63) is 60.4 Å². The molecular weight excluding hydrogens is 250 g/mol. The van der Waals surface area contributed by atoms with Crippen LogP contribution in [0.5, 0.6) is 0 Å². The number of carbonyl (C=O) groups is 1. The van der Waals surface area contributed by atoms with E-state index in [0.29, 0.717) is 5.56 Å². The predicted molar refractivity (Wildman–Crippen MR) is 79.9 cm³/mol. The number of anilines is 1. The van der Waals surface area contributed by atoms with Crippen LogP contribution in [0.25, 0.3) is 11.0 Å². The summed E-state index contributed by atoms with van der Waals surface area (Å²) in [6.07, 6.45) is 1.75. The van der Waals surface area contributed by atoms with Crippen LogP contribution in [-0.4, -0.2) is 22.5 Å². The van der Waals surface area contributed by atoms with E-state index in [1.165, 1.54) is 0 Å². The van der Waals surface area contributed by atoms with E-state index in [9.17, 15) is 4.79 Å². The Balaban J connectivity index is 1.98. The van der Waals surface area contributed by atoms with E-state index >= 15 is 0 Å². The summed E-state index contributed by atoms with van der Waals surface area (Å²) in [5, 5.41) is 0. The molecule has 0 unspecified atom stereocenters. The van der Waals surface area contributed by atoms with E-state index in [2.05, 4.69) is 4.98 Å². The maximum Gasteiger partial charge on any atom is 0.258 e. The molecule has 1 amide bonds. The van der Waals surface area contributed by atoms with Gasteiger partial charge in [0.25, 0.3) is 5.91 Å². The van der Waals surface area contributed by atoms with Crippen molar-refractivity contribution >= 4 is 22.6 Å². The van der Waals surface area contributed by atoms with Gasteiger partial charge in [0.05, 0.1) is 17.4 Å². The van der Waals surface area contributed by atoms with E-state index in [4.69, 9.17) is 0 Å². The number of hydrogen-bond acceptors (Lipinski definition) is 2.